The Hall–Kier alpha value is -0.650. The summed E-state index contributed by atoms with van der Waals surface area (Å²) in [4.78, 5) is 1.50. The molecule has 3 rings (SSSR count). The molecule has 3 nitrogen and oxygen atoms in total. The molecule has 2 aromatic rings. The molecule has 0 aromatic carbocycles. The van der Waals surface area contributed by atoms with Crippen LogP contribution in [0.25, 0.3) is 0 Å². The van der Waals surface area contributed by atoms with Gasteiger partial charge in [0, 0.05) is 18.5 Å². The second-order valence-electron chi connectivity index (χ2n) is 3.95. The van der Waals surface area contributed by atoms with Crippen molar-refractivity contribution < 1.29 is 0 Å². The van der Waals surface area contributed by atoms with Crippen molar-refractivity contribution in [1.29, 1.82) is 0 Å². The number of aryl methyl sites for hydroxylation is 1. The SMILES string of the molecule is Cn1nc(Br)cc1C1NCCc2sccc21. The van der Waals surface area contributed by atoms with Gasteiger partial charge in [-0.1, -0.05) is 0 Å². The molecule has 1 atom stereocenters. The summed E-state index contributed by atoms with van der Waals surface area (Å²) in [6.45, 7) is 1.04. The van der Waals surface area contributed by atoms with Crippen molar-refractivity contribution in [3.05, 3.63) is 38.3 Å². The summed E-state index contributed by atoms with van der Waals surface area (Å²) in [5.41, 5.74) is 2.62. The van der Waals surface area contributed by atoms with E-state index in [2.05, 4.69) is 43.9 Å². The summed E-state index contributed by atoms with van der Waals surface area (Å²) < 4.78 is 2.84. The zero-order valence-corrected chi connectivity index (χ0v) is 11.3. The molecule has 1 N–H and O–H groups in total. The van der Waals surface area contributed by atoms with Crippen LogP contribution in [0.1, 0.15) is 22.2 Å². The van der Waals surface area contributed by atoms with Gasteiger partial charge in [-0.25, -0.2) is 0 Å². The molecule has 0 spiro atoms. The van der Waals surface area contributed by atoms with E-state index >= 15 is 0 Å². The van der Waals surface area contributed by atoms with Gasteiger partial charge in [-0.15, -0.1) is 11.3 Å². The first-order chi connectivity index (χ1) is 7.75. The fraction of sp³-hybridized carbons (Fsp3) is 0.364. The zero-order chi connectivity index (χ0) is 11.1. The Kier molecular flexibility index (Phi) is 2.61. The predicted octanol–water partition coefficient (Wildman–Crippen LogP) is 2.48. The third-order valence-corrected chi connectivity index (χ3v) is 4.36. The number of nitrogens with zero attached hydrogens (tertiary/aromatic N) is 2. The van der Waals surface area contributed by atoms with Crippen molar-refractivity contribution in [2.75, 3.05) is 6.54 Å². The quantitative estimate of drug-likeness (QED) is 0.876. The predicted molar refractivity (Wildman–Crippen MR) is 68.8 cm³/mol. The summed E-state index contributed by atoms with van der Waals surface area (Å²) in [6.07, 6.45) is 1.14. The van der Waals surface area contributed by atoms with Crippen LogP contribution in [-0.2, 0) is 13.5 Å². The lowest BCUT2D eigenvalue weighted by molar-refractivity contribution is 0.534. The Bertz CT molecular complexity index is 517. The molecule has 0 fully saturated rings. The zero-order valence-electron chi connectivity index (χ0n) is 8.90. The van der Waals surface area contributed by atoms with E-state index in [1.54, 1.807) is 0 Å². The molecular formula is C11H12BrN3S. The molecule has 84 valence electrons. The van der Waals surface area contributed by atoms with Crippen LogP contribution in [0.3, 0.4) is 0 Å². The summed E-state index contributed by atoms with van der Waals surface area (Å²) >= 11 is 5.28. The molecule has 2 aromatic heterocycles. The molecule has 1 aliphatic heterocycles. The van der Waals surface area contributed by atoms with E-state index in [1.807, 2.05) is 23.1 Å². The van der Waals surface area contributed by atoms with E-state index in [9.17, 15) is 0 Å². The van der Waals surface area contributed by atoms with Gasteiger partial charge in [-0.3, -0.25) is 4.68 Å². The number of hydrogen-bond acceptors (Lipinski definition) is 3. The fourth-order valence-corrected chi connectivity index (χ4v) is 3.62. The Morgan fingerprint density at radius 2 is 2.50 bits per heavy atom. The second-order valence-corrected chi connectivity index (χ2v) is 5.76. The first kappa shape index (κ1) is 10.5. The van der Waals surface area contributed by atoms with Gasteiger partial charge >= 0.3 is 0 Å². The van der Waals surface area contributed by atoms with Crippen LogP contribution >= 0.6 is 27.3 Å². The number of fused-ring (bicyclic) bond motifs is 1. The Morgan fingerprint density at radius 3 is 3.25 bits per heavy atom. The summed E-state index contributed by atoms with van der Waals surface area (Å²) in [7, 11) is 1.99. The van der Waals surface area contributed by atoms with E-state index in [-0.39, 0.29) is 0 Å². The summed E-state index contributed by atoms with van der Waals surface area (Å²) in [5.74, 6) is 0. The van der Waals surface area contributed by atoms with Gasteiger partial charge in [0.1, 0.15) is 4.60 Å². The smallest absolute Gasteiger partial charge is 0.128 e. The number of rotatable bonds is 1. The third kappa shape index (κ3) is 1.63. The van der Waals surface area contributed by atoms with E-state index in [4.69, 9.17) is 0 Å². The number of hydrogen-bond donors (Lipinski definition) is 1. The minimum atomic E-state index is 0.291. The lowest BCUT2D eigenvalue weighted by Gasteiger charge is -2.24. The maximum absolute atomic E-state index is 4.34. The fourth-order valence-electron chi connectivity index (χ4n) is 2.23. The van der Waals surface area contributed by atoms with E-state index in [0.717, 1.165) is 17.6 Å². The van der Waals surface area contributed by atoms with Gasteiger partial charge < -0.3 is 5.32 Å². The summed E-state index contributed by atoms with van der Waals surface area (Å²) in [6, 6.07) is 4.60. The Balaban J connectivity index is 2.07. The van der Waals surface area contributed by atoms with Crippen LogP contribution < -0.4 is 5.32 Å². The van der Waals surface area contributed by atoms with Gasteiger partial charge in [-0.2, -0.15) is 5.10 Å². The van der Waals surface area contributed by atoms with Crippen molar-refractivity contribution >= 4 is 27.3 Å². The molecule has 0 saturated carbocycles. The second kappa shape index (κ2) is 3.98. The van der Waals surface area contributed by atoms with Crippen molar-refractivity contribution in [3.8, 4) is 0 Å². The monoisotopic (exact) mass is 297 g/mol. The number of aromatic nitrogens is 2. The van der Waals surface area contributed by atoms with E-state index < -0.39 is 0 Å². The van der Waals surface area contributed by atoms with Crippen LogP contribution in [0.2, 0.25) is 0 Å². The molecule has 3 heterocycles. The van der Waals surface area contributed by atoms with Crippen LogP contribution in [0.4, 0.5) is 0 Å². The number of thiophene rings is 1. The molecule has 0 aliphatic carbocycles. The Morgan fingerprint density at radius 1 is 1.62 bits per heavy atom. The van der Waals surface area contributed by atoms with E-state index in [0.29, 0.717) is 6.04 Å². The highest BCUT2D eigenvalue weighted by Gasteiger charge is 2.24. The van der Waals surface area contributed by atoms with Crippen molar-refractivity contribution in [2.24, 2.45) is 7.05 Å². The summed E-state index contributed by atoms with van der Waals surface area (Å²) in [5, 5.41) is 10.1. The maximum Gasteiger partial charge on any atom is 0.128 e. The van der Waals surface area contributed by atoms with Crippen LogP contribution in [0.15, 0.2) is 22.1 Å². The largest absolute Gasteiger partial charge is 0.305 e. The molecule has 0 bridgehead atoms. The van der Waals surface area contributed by atoms with Gasteiger partial charge in [0.25, 0.3) is 0 Å². The van der Waals surface area contributed by atoms with Crippen LogP contribution in [0, 0.1) is 0 Å². The minimum absolute atomic E-state index is 0.291. The molecular weight excluding hydrogens is 286 g/mol. The number of nitrogens with one attached hydrogen (secondary N) is 1. The highest BCUT2D eigenvalue weighted by molar-refractivity contribution is 9.10. The number of halogens is 1. The topological polar surface area (TPSA) is 29.9 Å². The normalized spacial score (nSPS) is 19.8. The highest BCUT2D eigenvalue weighted by atomic mass is 79.9. The molecule has 0 radical (unpaired) electrons. The molecule has 0 amide bonds. The Labute approximate surface area is 107 Å². The van der Waals surface area contributed by atoms with Crippen molar-refractivity contribution in [2.45, 2.75) is 12.5 Å². The lowest BCUT2D eigenvalue weighted by Crippen LogP contribution is -2.30. The van der Waals surface area contributed by atoms with Gasteiger partial charge in [0.05, 0.1) is 11.7 Å². The van der Waals surface area contributed by atoms with Gasteiger partial charge in [0.2, 0.25) is 0 Å². The highest BCUT2D eigenvalue weighted by Crippen LogP contribution is 2.32. The van der Waals surface area contributed by atoms with Crippen molar-refractivity contribution in [3.63, 3.8) is 0 Å². The van der Waals surface area contributed by atoms with E-state index in [1.165, 1.54) is 16.1 Å². The third-order valence-electron chi connectivity index (χ3n) is 2.97. The minimum Gasteiger partial charge on any atom is -0.305 e. The average molecular weight is 298 g/mol. The first-order valence-electron chi connectivity index (χ1n) is 5.25. The van der Waals surface area contributed by atoms with Crippen LogP contribution in [0.5, 0.6) is 0 Å². The molecule has 5 heteroatoms. The standard InChI is InChI=1S/C11H12BrN3S/c1-15-8(6-10(12)14-15)11-7-3-5-16-9(7)2-4-13-11/h3,5-6,11,13H,2,4H2,1H3. The lowest BCUT2D eigenvalue weighted by atomic mass is 10.00. The first-order valence-corrected chi connectivity index (χ1v) is 6.92. The molecule has 1 unspecified atom stereocenters. The van der Waals surface area contributed by atoms with Crippen molar-refractivity contribution in [1.82, 2.24) is 15.1 Å². The average Bonchev–Trinajstić information content (AvgIpc) is 2.84. The maximum atomic E-state index is 4.34. The molecule has 16 heavy (non-hydrogen) atoms. The van der Waals surface area contributed by atoms with Gasteiger partial charge in [0.15, 0.2) is 0 Å². The molecule has 0 saturated heterocycles. The molecule has 1 aliphatic rings. The van der Waals surface area contributed by atoms with Crippen LogP contribution in [-0.4, -0.2) is 16.3 Å². The van der Waals surface area contributed by atoms with Gasteiger partial charge in [-0.05, 0) is 45.4 Å².